The average Bonchev–Trinajstić information content (AvgIpc) is 3.50. The molecule has 1 aromatic carbocycles. The number of carboxylic acid groups (broad SMARTS) is 1. The first-order valence-corrected chi connectivity index (χ1v) is 12.2. The van der Waals surface area contributed by atoms with Crippen LogP contribution < -0.4 is 5.32 Å². The summed E-state index contributed by atoms with van der Waals surface area (Å²) in [6.45, 7) is 5.28. The van der Waals surface area contributed by atoms with Crippen LogP contribution >= 0.6 is 12.2 Å². The van der Waals surface area contributed by atoms with E-state index in [-0.39, 0.29) is 17.6 Å². The van der Waals surface area contributed by atoms with Crippen molar-refractivity contribution in [3.05, 3.63) is 77.8 Å². The van der Waals surface area contributed by atoms with Crippen molar-refractivity contribution in [2.24, 2.45) is 0 Å². The van der Waals surface area contributed by atoms with Crippen LogP contribution in [0.15, 0.2) is 65.2 Å². The molecule has 0 unspecified atom stereocenters. The lowest BCUT2D eigenvalue weighted by Gasteiger charge is -2.29. The molecule has 4 heterocycles. The van der Waals surface area contributed by atoms with Gasteiger partial charge in [-0.3, -0.25) is 9.88 Å². The number of carbonyl (C=O) groups is 1. The molecule has 2 atom stereocenters. The summed E-state index contributed by atoms with van der Waals surface area (Å²) in [5, 5.41) is 13.3. The van der Waals surface area contributed by atoms with Gasteiger partial charge in [0.2, 0.25) is 0 Å². The molecule has 8 nitrogen and oxygen atoms in total. The van der Waals surface area contributed by atoms with Crippen molar-refractivity contribution < 1.29 is 19.1 Å². The molecule has 2 saturated heterocycles. The van der Waals surface area contributed by atoms with Crippen LogP contribution in [0.25, 0.3) is 11.3 Å². The van der Waals surface area contributed by atoms with Crippen molar-refractivity contribution in [1.82, 2.24) is 20.1 Å². The fourth-order valence-electron chi connectivity index (χ4n) is 4.69. The van der Waals surface area contributed by atoms with Crippen LogP contribution in [0.5, 0.6) is 0 Å². The smallest absolute Gasteiger partial charge is 0.335 e. The summed E-state index contributed by atoms with van der Waals surface area (Å²) in [6, 6.07) is 16.2. The second-order valence-electron chi connectivity index (χ2n) is 8.71. The molecule has 0 aliphatic carbocycles. The molecule has 3 aromatic rings. The number of nitrogens with zero attached hydrogens (tertiary/aromatic N) is 3. The Balaban J connectivity index is 1.38. The van der Waals surface area contributed by atoms with Gasteiger partial charge in [-0.05, 0) is 55.0 Å². The third kappa shape index (κ3) is 5.22. The number of carboxylic acids is 1. The first-order chi connectivity index (χ1) is 17.1. The summed E-state index contributed by atoms with van der Waals surface area (Å²) in [5.74, 6) is 0.521. The Labute approximate surface area is 209 Å². The fourth-order valence-corrected chi connectivity index (χ4v) is 5.02. The van der Waals surface area contributed by atoms with Crippen LogP contribution in [0.1, 0.15) is 40.3 Å². The van der Waals surface area contributed by atoms with Gasteiger partial charge in [-0.25, -0.2) is 4.79 Å². The highest BCUT2D eigenvalue weighted by atomic mass is 32.1. The summed E-state index contributed by atoms with van der Waals surface area (Å²) in [5.41, 5.74) is 1.97. The first kappa shape index (κ1) is 23.5. The summed E-state index contributed by atoms with van der Waals surface area (Å²) in [4.78, 5) is 20.4. The molecule has 0 bridgehead atoms. The molecule has 182 valence electrons. The Bertz CT molecular complexity index is 1160. The Morgan fingerprint density at radius 2 is 1.89 bits per heavy atom. The zero-order valence-corrected chi connectivity index (χ0v) is 20.1. The standard InChI is InChI=1S/C26H28N4O4S/c31-25(32)19-7-5-18(6-8-19)21-9-10-22(34-21)24-23(20-4-1-2-11-27-20)28-26(35)30(24)13-3-12-29-14-16-33-17-15-29/h1-2,4-11,23-24H,3,12-17H2,(H,28,35)(H,31,32)/t23-,24+/m1/s1. The van der Waals surface area contributed by atoms with Crippen LogP contribution in [0.3, 0.4) is 0 Å². The molecular formula is C26H28N4O4S. The number of morpholine rings is 1. The molecule has 0 saturated carbocycles. The van der Waals surface area contributed by atoms with E-state index < -0.39 is 5.97 Å². The lowest BCUT2D eigenvalue weighted by Crippen LogP contribution is -2.38. The molecule has 5 rings (SSSR count). The molecular weight excluding hydrogens is 464 g/mol. The molecule has 35 heavy (non-hydrogen) atoms. The van der Waals surface area contributed by atoms with E-state index in [0.717, 1.165) is 62.8 Å². The number of aromatic nitrogens is 1. The fraction of sp³-hybridized carbons (Fsp3) is 0.346. The van der Waals surface area contributed by atoms with E-state index in [2.05, 4.69) is 20.1 Å². The van der Waals surface area contributed by atoms with Gasteiger partial charge in [-0.1, -0.05) is 18.2 Å². The minimum Gasteiger partial charge on any atom is -0.478 e. The number of furan rings is 1. The van der Waals surface area contributed by atoms with Crippen LogP contribution in [-0.2, 0) is 4.74 Å². The van der Waals surface area contributed by atoms with Crippen LogP contribution in [0, 0.1) is 0 Å². The van der Waals surface area contributed by atoms with Gasteiger partial charge >= 0.3 is 5.97 Å². The summed E-state index contributed by atoms with van der Waals surface area (Å²) >= 11 is 5.76. The number of benzene rings is 1. The monoisotopic (exact) mass is 492 g/mol. The number of thiocarbonyl (C=S) groups is 1. The molecule has 0 amide bonds. The zero-order chi connectivity index (χ0) is 24.2. The van der Waals surface area contributed by atoms with E-state index in [9.17, 15) is 9.90 Å². The van der Waals surface area contributed by atoms with Gasteiger partial charge in [0.05, 0.1) is 30.5 Å². The van der Waals surface area contributed by atoms with Crippen LogP contribution in [0.2, 0.25) is 0 Å². The average molecular weight is 493 g/mol. The van der Waals surface area contributed by atoms with Gasteiger partial charge in [0.1, 0.15) is 17.6 Å². The topological polar surface area (TPSA) is 91.1 Å². The SMILES string of the molecule is O=C(O)c1ccc(-c2ccc([C@H]3[C@@H](c4ccccn4)NC(=S)N3CCCN3CCOCC3)o2)cc1. The highest BCUT2D eigenvalue weighted by molar-refractivity contribution is 7.80. The number of ether oxygens (including phenoxy) is 1. The van der Waals surface area contributed by atoms with Gasteiger partial charge in [0, 0.05) is 37.9 Å². The Kier molecular flexibility index (Phi) is 7.08. The third-order valence-electron chi connectivity index (χ3n) is 6.51. The minimum absolute atomic E-state index is 0.138. The second kappa shape index (κ2) is 10.6. The van der Waals surface area contributed by atoms with Gasteiger partial charge in [-0.2, -0.15) is 0 Å². The van der Waals surface area contributed by atoms with E-state index in [1.165, 1.54) is 0 Å². The van der Waals surface area contributed by atoms with E-state index in [4.69, 9.17) is 21.4 Å². The summed E-state index contributed by atoms with van der Waals surface area (Å²) in [7, 11) is 0. The lowest BCUT2D eigenvalue weighted by molar-refractivity contribution is 0.0365. The highest BCUT2D eigenvalue weighted by Gasteiger charge is 2.41. The number of nitrogens with one attached hydrogen (secondary N) is 1. The largest absolute Gasteiger partial charge is 0.478 e. The van der Waals surface area contributed by atoms with Gasteiger partial charge in [0.25, 0.3) is 0 Å². The number of hydrogen-bond acceptors (Lipinski definition) is 6. The van der Waals surface area contributed by atoms with E-state index in [0.29, 0.717) is 10.9 Å². The Hall–Kier alpha value is -3.27. The maximum Gasteiger partial charge on any atom is 0.335 e. The number of rotatable bonds is 8. The molecule has 2 N–H and O–H groups in total. The van der Waals surface area contributed by atoms with Crippen LogP contribution in [-0.4, -0.2) is 70.4 Å². The minimum atomic E-state index is -0.951. The van der Waals surface area contributed by atoms with Crippen molar-refractivity contribution in [3.8, 4) is 11.3 Å². The highest BCUT2D eigenvalue weighted by Crippen LogP contribution is 2.40. The lowest BCUT2D eigenvalue weighted by atomic mass is 10.0. The molecule has 9 heteroatoms. The van der Waals surface area contributed by atoms with E-state index in [1.54, 1.807) is 30.5 Å². The molecule has 0 radical (unpaired) electrons. The molecule has 2 fully saturated rings. The predicted octanol–water partition coefficient (Wildman–Crippen LogP) is 3.73. The van der Waals surface area contributed by atoms with Gasteiger partial charge in [0.15, 0.2) is 5.11 Å². The first-order valence-electron chi connectivity index (χ1n) is 11.8. The predicted molar refractivity (Wildman–Crippen MR) is 135 cm³/mol. The van der Waals surface area contributed by atoms with Crippen molar-refractivity contribution >= 4 is 23.3 Å². The molecule has 2 aliphatic heterocycles. The number of aromatic carboxylic acids is 1. The van der Waals surface area contributed by atoms with Crippen molar-refractivity contribution in [2.75, 3.05) is 39.4 Å². The normalized spacial score (nSPS) is 20.7. The quantitative estimate of drug-likeness (QED) is 0.456. The van der Waals surface area contributed by atoms with Crippen molar-refractivity contribution in [1.29, 1.82) is 0 Å². The Morgan fingerprint density at radius 3 is 2.60 bits per heavy atom. The second-order valence-corrected chi connectivity index (χ2v) is 9.10. The number of hydrogen-bond donors (Lipinski definition) is 2. The van der Waals surface area contributed by atoms with Gasteiger partial charge in [-0.15, -0.1) is 0 Å². The number of pyridine rings is 1. The molecule has 2 aliphatic rings. The summed E-state index contributed by atoms with van der Waals surface area (Å²) in [6.07, 6.45) is 2.76. The maximum absolute atomic E-state index is 11.2. The third-order valence-corrected chi connectivity index (χ3v) is 6.86. The van der Waals surface area contributed by atoms with Crippen molar-refractivity contribution in [3.63, 3.8) is 0 Å². The molecule has 2 aromatic heterocycles. The van der Waals surface area contributed by atoms with Crippen molar-refractivity contribution in [2.45, 2.75) is 18.5 Å². The van der Waals surface area contributed by atoms with E-state index >= 15 is 0 Å². The summed E-state index contributed by atoms with van der Waals surface area (Å²) < 4.78 is 11.8. The molecule has 0 spiro atoms. The Morgan fingerprint density at radius 1 is 1.09 bits per heavy atom. The van der Waals surface area contributed by atoms with Crippen LogP contribution in [0.4, 0.5) is 0 Å². The maximum atomic E-state index is 11.2. The van der Waals surface area contributed by atoms with Gasteiger partial charge < -0.3 is 24.5 Å². The zero-order valence-electron chi connectivity index (χ0n) is 19.3. The van der Waals surface area contributed by atoms with E-state index in [1.807, 2.05) is 30.3 Å².